The summed E-state index contributed by atoms with van der Waals surface area (Å²) in [4.78, 5) is 11.6. The van der Waals surface area contributed by atoms with Crippen LogP contribution >= 0.6 is 0 Å². The highest BCUT2D eigenvalue weighted by atomic mass is 16.7. The maximum Gasteiger partial charge on any atom is 0.335 e. The Morgan fingerprint density at radius 2 is 1.78 bits per heavy atom. The number of fused-ring (bicyclic) bond motifs is 1. The monoisotopic (exact) mass is 818 g/mol. The minimum absolute atomic E-state index is 0.0385. The van der Waals surface area contributed by atoms with E-state index in [4.69, 9.17) is 33.2 Å². The van der Waals surface area contributed by atoms with E-state index in [2.05, 4.69) is 33.4 Å². The topological polar surface area (TPSA) is 183 Å². The van der Waals surface area contributed by atoms with Crippen molar-refractivity contribution < 1.29 is 63.5 Å². The molecule has 0 aliphatic carbocycles. The summed E-state index contributed by atoms with van der Waals surface area (Å²) in [7, 11) is 0. The standard InChI is InChI=1S/C45H70O13/c1-25-21-35(56-45(23-25)36(47)13-12-32(55-45)24-42(7,51)41(49)50)26(2)10-11-31-15-17-43(54-31)18-16-34-40(57-43)37(48)30(6)39(53-34)33(46)22-28(4)38-27(3)14-19-44(58-38)29(5)9-8-20-52-44/h10-11,23,26-29,31-40,46-48,51H,6,8-9,12-22,24H2,1-5,7H3,(H,49,50)/b11-10+/t26-,27-,28+,29-,31+,32+,33+,34-,35-,36-,37-,38+,39+,40-,42-,43+,44-,45-/m1/s1. The molecule has 7 rings (SSSR count). The Bertz CT molecular complexity index is 1550. The van der Waals surface area contributed by atoms with Crippen LogP contribution in [0.4, 0.5) is 0 Å². The zero-order valence-corrected chi connectivity index (χ0v) is 35.4. The lowest BCUT2D eigenvalue weighted by Crippen LogP contribution is -2.60. The highest BCUT2D eigenvalue weighted by Crippen LogP contribution is 2.48. The molecule has 7 aliphatic rings. The zero-order chi connectivity index (χ0) is 41.8. The van der Waals surface area contributed by atoms with Crippen molar-refractivity contribution in [2.24, 2.45) is 23.7 Å². The predicted octanol–water partition coefficient (Wildman–Crippen LogP) is 5.46. The number of ether oxygens (including phenoxy) is 7. The summed E-state index contributed by atoms with van der Waals surface area (Å²) < 4.78 is 45.5. The molecule has 5 N–H and O–H groups in total. The lowest BCUT2D eigenvalue weighted by molar-refractivity contribution is -0.334. The molecule has 0 aromatic heterocycles. The van der Waals surface area contributed by atoms with E-state index in [9.17, 15) is 30.3 Å². The summed E-state index contributed by atoms with van der Waals surface area (Å²) in [6.07, 6.45) is 8.36. The Morgan fingerprint density at radius 3 is 2.52 bits per heavy atom. The Kier molecular flexibility index (Phi) is 13.1. The maximum absolute atomic E-state index is 11.6. The second-order valence-electron chi connectivity index (χ2n) is 19.4. The predicted molar refractivity (Wildman–Crippen MR) is 212 cm³/mol. The van der Waals surface area contributed by atoms with Gasteiger partial charge in [0.1, 0.15) is 24.4 Å². The van der Waals surface area contributed by atoms with Crippen LogP contribution in [0.1, 0.15) is 125 Å². The molecule has 0 aromatic carbocycles. The third-order valence-corrected chi connectivity index (χ3v) is 14.5. The van der Waals surface area contributed by atoms with E-state index in [0.717, 1.165) is 44.3 Å². The molecular weight excluding hydrogens is 748 g/mol. The summed E-state index contributed by atoms with van der Waals surface area (Å²) in [5, 5.41) is 54.1. The van der Waals surface area contributed by atoms with Crippen molar-refractivity contribution in [2.75, 3.05) is 6.61 Å². The van der Waals surface area contributed by atoms with Gasteiger partial charge in [0.05, 0.1) is 43.2 Å². The van der Waals surface area contributed by atoms with Gasteiger partial charge in [0.15, 0.2) is 17.2 Å². The highest BCUT2D eigenvalue weighted by molar-refractivity contribution is 5.76. The first kappa shape index (κ1) is 44.3. The van der Waals surface area contributed by atoms with E-state index in [0.29, 0.717) is 62.4 Å². The molecule has 7 aliphatic heterocycles. The van der Waals surface area contributed by atoms with Crippen molar-refractivity contribution in [3.63, 3.8) is 0 Å². The van der Waals surface area contributed by atoms with Crippen LogP contribution in [0.2, 0.25) is 0 Å². The van der Waals surface area contributed by atoms with Gasteiger partial charge in [-0.15, -0.1) is 0 Å². The van der Waals surface area contributed by atoms with E-state index in [1.165, 1.54) is 6.92 Å². The normalized spacial score (nSPS) is 46.1. The van der Waals surface area contributed by atoms with Crippen LogP contribution in [0.5, 0.6) is 0 Å². The van der Waals surface area contributed by atoms with E-state index in [1.54, 1.807) is 6.08 Å². The third-order valence-electron chi connectivity index (χ3n) is 14.5. The SMILES string of the molecule is C=C1[C@@H](O)[C@@H]2O[C@@]3(CC[C@H](/C=C/[C@@H](C)[C@H]4CC(C)=C[C@@]5(O[C@H](C[C@@](C)(O)C(=O)O)CC[C@H]5O)O4)O3)CC[C@H]2O[C@@H]1[C@@H](O)C[C@H](C)[C@H]1O[C@@]2(CC[C@H]1C)OCCC[C@H]2C. The maximum atomic E-state index is 11.6. The van der Waals surface area contributed by atoms with Gasteiger partial charge in [-0.05, 0) is 95.1 Å². The number of hydrogen-bond donors (Lipinski definition) is 5. The van der Waals surface area contributed by atoms with E-state index < -0.39 is 71.7 Å². The molecule has 328 valence electrons. The van der Waals surface area contributed by atoms with Crippen LogP contribution in [-0.4, -0.2) is 122 Å². The molecule has 13 nitrogen and oxygen atoms in total. The van der Waals surface area contributed by atoms with Gasteiger partial charge in [0.2, 0.25) is 5.79 Å². The van der Waals surface area contributed by atoms with Crippen LogP contribution in [0.15, 0.2) is 36.0 Å². The van der Waals surface area contributed by atoms with Crippen LogP contribution < -0.4 is 0 Å². The van der Waals surface area contributed by atoms with Crippen LogP contribution in [0, 0.1) is 23.7 Å². The zero-order valence-electron chi connectivity index (χ0n) is 35.4. The largest absolute Gasteiger partial charge is 0.479 e. The fourth-order valence-electron chi connectivity index (χ4n) is 10.9. The summed E-state index contributed by atoms with van der Waals surface area (Å²) in [6.45, 7) is 16.7. The first-order valence-electron chi connectivity index (χ1n) is 22.1. The average molecular weight is 819 g/mol. The number of carboxylic acids is 1. The number of rotatable bonds is 10. The number of aliphatic carboxylic acids is 1. The highest BCUT2D eigenvalue weighted by Gasteiger charge is 2.55. The van der Waals surface area contributed by atoms with Gasteiger partial charge < -0.3 is 58.7 Å². The first-order chi connectivity index (χ1) is 27.3. The molecule has 0 aromatic rings. The van der Waals surface area contributed by atoms with Gasteiger partial charge >= 0.3 is 5.97 Å². The van der Waals surface area contributed by atoms with Crippen LogP contribution in [0.3, 0.4) is 0 Å². The Balaban J connectivity index is 0.922. The molecule has 6 saturated heterocycles. The molecule has 6 fully saturated rings. The lowest BCUT2D eigenvalue weighted by atomic mass is 9.78. The smallest absolute Gasteiger partial charge is 0.335 e. The fraction of sp³-hybridized carbons (Fsp3) is 0.844. The van der Waals surface area contributed by atoms with Crippen molar-refractivity contribution in [3.8, 4) is 0 Å². The molecule has 0 amide bonds. The quantitative estimate of drug-likeness (QED) is 0.176. The van der Waals surface area contributed by atoms with Crippen molar-refractivity contribution >= 4 is 5.97 Å². The van der Waals surface area contributed by atoms with Crippen LogP contribution in [0.25, 0.3) is 0 Å². The summed E-state index contributed by atoms with van der Waals surface area (Å²) in [6, 6.07) is 0. The second kappa shape index (κ2) is 17.2. The lowest BCUT2D eigenvalue weighted by Gasteiger charge is -2.51. The van der Waals surface area contributed by atoms with Crippen molar-refractivity contribution in [3.05, 3.63) is 36.0 Å². The minimum atomic E-state index is -1.96. The van der Waals surface area contributed by atoms with Crippen LogP contribution in [-0.2, 0) is 38.0 Å². The van der Waals surface area contributed by atoms with E-state index in [1.807, 2.05) is 19.9 Å². The van der Waals surface area contributed by atoms with Crippen molar-refractivity contribution in [2.45, 2.75) is 209 Å². The molecule has 7 heterocycles. The molecule has 58 heavy (non-hydrogen) atoms. The fourth-order valence-corrected chi connectivity index (χ4v) is 10.9. The molecule has 0 radical (unpaired) electrons. The number of aliphatic hydroxyl groups is 4. The van der Waals surface area contributed by atoms with Gasteiger partial charge in [-0.1, -0.05) is 52.0 Å². The number of hydrogen-bond acceptors (Lipinski definition) is 12. The number of aliphatic hydroxyl groups excluding tert-OH is 3. The first-order valence-corrected chi connectivity index (χ1v) is 22.1. The summed E-state index contributed by atoms with van der Waals surface area (Å²) in [5.41, 5.74) is -0.554. The molecule has 0 saturated carbocycles. The van der Waals surface area contributed by atoms with Gasteiger partial charge in [0, 0.05) is 37.5 Å². The Labute approximate surface area is 344 Å². The minimum Gasteiger partial charge on any atom is -0.479 e. The number of carboxylic acid groups (broad SMARTS) is 1. The van der Waals surface area contributed by atoms with Crippen molar-refractivity contribution in [1.29, 1.82) is 0 Å². The molecular formula is C45H70O13. The van der Waals surface area contributed by atoms with Gasteiger partial charge in [-0.25, -0.2) is 4.79 Å². The summed E-state index contributed by atoms with van der Waals surface area (Å²) >= 11 is 0. The van der Waals surface area contributed by atoms with Gasteiger partial charge in [-0.2, -0.15) is 0 Å². The van der Waals surface area contributed by atoms with Gasteiger partial charge in [0.25, 0.3) is 0 Å². The molecule has 3 spiro atoms. The Morgan fingerprint density at radius 1 is 1.02 bits per heavy atom. The molecule has 0 unspecified atom stereocenters. The van der Waals surface area contributed by atoms with Gasteiger partial charge in [-0.3, -0.25) is 0 Å². The van der Waals surface area contributed by atoms with E-state index >= 15 is 0 Å². The van der Waals surface area contributed by atoms with Crippen molar-refractivity contribution in [1.82, 2.24) is 0 Å². The molecule has 0 bridgehead atoms. The molecule has 13 heteroatoms. The Hall–Kier alpha value is -1.75. The molecule has 18 atom stereocenters. The second-order valence-corrected chi connectivity index (χ2v) is 19.4. The average Bonchev–Trinajstić information content (AvgIpc) is 3.57. The number of carbonyl (C=O) groups is 1. The van der Waals surface area contributed by atoms with E-state index in [-0.39, 0.29) is 36.6 Å². The summed E-state index contributed by atoms with van der Waals surface area (Å²) in [5.74, 6) is -3.56. The third kappa shape index (κ3) is 8.93.